The number of nitrogens with one attached hydrogen (secondary N) is 1. The van der Waals surface area contributed by atoms with Crippen LogP contribution in [0.1, 0.15) is 43.1 Å². The number of carbonyl (C=O) groups excluding carboxylic acids is 1. The van der Waals surface area contributed by atoms with Crippen LogP contribution in [0.25, 0.3) is 22.6 Å². The SMILES string of the molecule is CCOC(=O)C1(COc2cc(C)c(-c3ccc(-c4nc(C(F)(F)F)c(COCC[Si](C)(C)C)[nH]4)nc3)cn2)CCC1. The van der Waals surface area contributed by atoms with E-state index in [1.807, 2.05) is 6.92 Å². The summed E-state index contributed by atoms with van der Waals surface area (Å²) in [4.78, 5) is 27.7. The molecule has 1 aliphatic rings. The highest BCUT2D eigenvalue weighted by Gasteiger charge is 2.46. The molecule has 41 heavy (non-hydrogen) atoms. The van der Waals surface area contributed by atoms with E-state index >= 15 is 0 Å². The van der Waals surface area contributed by atoms with Crippen LogP contribution < -0.4 is 4.74 Å². The van der Waals surface area contributed by atoms with Crippen LogP contribution in [0.15, 0.2) is 30.6 Å². The van der Waals surface area contributed by atoms with E-state index in [-0.39, 0.29) is 36.4 Å². The van der Waals surface area contributed by atoms with E-state index in [2.05, 4.69) is 39.6 Å². The number of imidazole rings is 1. The van der Waals surface area contributed by atoms with Gasteiger partial charge >= 0.3 is 12.1 Å². The number of carbonyl (C=O) groups is 1. The summed E-state index contributed by atoms with van der Waals surface area (Å²) < 4.78 is 57.6. The van der Waals surface area contributed by atoms with Crippen LogP contribution in [-0.2, 0) is 27.1 Å². The van der Waals surface area contributed by atoms with Crippen molar-refractivity contribution in [2.45, 2.75) is 71.6 Å². The van der Waals surface area contributed by atoms with Gasteiger partial charge < -0.3 is 19.2 Å². The fourth-order valence-electron chi connectivity index (χ4n) is 4.53. The maximum atomic E-state index is 13.7. The van der Waals surface area contributed by atoms with Crippen molar-refractivity contribution in [2.24, 2.45) is 5.41 Å². The number of hydrogen-bond acceptors (Lipinski definition) is 7. The lowest BCUT2D eigenvalue weighted by molar-refractivity contribution is -0.163. The van der Waals surface area contributed by atoms with Gasteiger partial charge in [0.15, 0.2) is 11.5 Å². The van der Waals surface area contributed by atoms with E-state index in [0.717, 1.165) is 42.0 Å². The maximum Gasteiger partial charge on any atom is 0.435 e. The number of halogens is 3. The molecule has 1 N–H and O–H groups in total. The molecule has 12 heteroatoms. The van der Waals surface area contributed by atoms with E-state index in [0.29, 0.717) is 19.1 Å². The first-order valence-corrected chi connectivity index (χ1v) is 17.5. The Hall–Kier alpha value is -3.25. The van der Waals surface area contributed by atoms with Crippen LogP contribution >= 0.6 is 0 Å². The van der Waals surface area contributed by atoms with Crippen LogP contribution in [0.2, 0.25) is 25.7 Å². The molecule has 8 nitrogen and oxygen atoms in total. The summed E-state index contributed by atoms with van der Waals surface area (Å²) in [5.74, 6) is 0.199. The summed E-state index contributed by atoms with van der Waals surface area (Å²) in [5, 5.41) is 0. The molecular formula is C29H37F3N4O4Si. The number of aryl methyl sites for hydroxylation is 1. The van der Waals surface area contributed by atoms with Crippen molar-refractivity contribution in [2.75, 3.05) is 19.8 Å². The molecule has 0 amide bonds. The minimum Gasteiger partial charge on any atom is -0.476 e. The highest BCUT2D eigenvalue weighted by atomic mass is 28.3. The normalized spacial score (nSPS) is 14.9. The molecular weight excluding hydrogens is 553 g/mol. The van der Waals surface area contributed by atoms with Crippen molar-refractivity contribution in [3.63, 3.8) is 0 Å². The van der Waals surface area contributed by atoms with E-state index in [1.54, 1.807) is 37.5 Å². The van der Waals surface area contributed by atoms with Crippen LogP contribution in [0.3, 0.4) is 0 Å². The van der Waals surface area contributed by atoms with Crippen LogP contribution in [0, 0.1) is 12.3 Å². The zero-order chi connectivity index (χ0) is 29.8. The summed E-state index contributed by atoms with van der Waals surface area (Å²) in [6, 6.07) is 6.02. The highest BCUT2D eigenvalue weighted by Crippen LogP contribution is 2.42. The van der Waals surface area contributed by atoms with Gasteiger partial charge in [0.2, 0.25) is 5.88 Å². The molecule has 3 heterocycles. The van der Waals surface area contributed by atoms with Gasteiger partial charge in [-0.1, -0.05) is 32.1 Å². The number of rotatable bonds is 12. The lowest BCUT2D eigenvalue weighted by atomic mass is 9.69. The van der Waals surface area contributed by atoms with Gasteiger partial charge in [-0.2, -0.15) is 13.2 Å². The van der Waals surface area contributed by atoms with Crippen molar-refractivity contribution in [1.29, 1.82) is 0 Å². The number of aromatic amines is 1. The van der Waals surface area contributed by atoms with E-state index < -0.39 is 25.4 Å². The monoisotopic (exact) mass is 590 g/mol. The van der Waals surface area contributed by atoms with Crippen molar-refractivity contribution in [3.8, 4) is 28.5 Å². The van der Waals surface area contributed by atoms with Gasteiger partial charge in [-0.25, -0.2) is 9.97 Å². The van der Waals surface area contributed by atoms with Crippen molar-refractivity contribution in [3.05, 3.63) is 47.5 Å². The molecule has 222 valence electrons. The molecule has 0 spiro atoms. The average molecular weight is 591 g/mol. The number of pyridine rings is 2. The first-order valence-electron chi connectivity index (χ1n) is 13.8. The molecule has 3 aromatic rings. The Morgan fingerprint density at radius 3 is 2.46 bits per heavy atom. The summed E-state index contributed by atoms with van der Waals surface area (Å²) in [5.41, 5.74) is 0.977. The number of nitrogens with zero attached hydrogens (tertiary/aromatic N) is 3. The molecule has 0 aromatic carbocycles. The van der Waals surface area contributed by atoms with Gasteiger partial charge in [-0.15, -0.1) is 0 Å². The number of esters is 1. The number of H-pyrrole nitrogens is 1. The molecule has 0 bridgehead atoms. The third-order valence-corrected chi connectivity index (χ3v) is 8.91. The summed E-state index contributed by atoms with van der Waals surface area (Å²) in [7, 11) is -1.36. The molecule has 0 atom stereocenters. The van der Waals surface area contributed by atoms with E-state index in [1.165, 1.54) is 0 Å². The Morgan fingerprint density at radius 2 is 1.90 bits per heavy atom. The van der Waals surface area contributed by atoms with Crippen LogP contribution in [0.5, 0.6) is 5.88 Å². The third-order valence-electron chi connectivity index (χ3n) is 7.21. The van der Waals surface area contributed by atoms with Crippen molar-refractivity contribution in [1.82, 2.24) is 19.9 Å². The molecule has 1 aliphatic carbocycles. The van der Waals surface area contributed by atoms with Gasteiger partial charge in [-0.05, 0) is 44.4 Å². The minimum absolute atomic E-state index is 0.0257. The molecule has 4 rings (SSSR count). The fraction of sp³-hybridized carbons (Fsp3) is 0.517. The quantitative estimate of drug-likeness (QED) is 0.140. The van der Waals surface area contributed by atoms with Gasteiger partial charge in [0, 0.05) is 44.3 Å². The van der Waals surface area contributed by atoms with Crippen LogP contribution in [-0.4, -0.2) is 53.8 Å². The third kappa shape index (κ3) is 7.53. The lowest BCUT2D eigenvalue weighted by Crippen LogP contribution is -2.44. The molecule has 0 radical (unpaired) electrons. The smallest absolute Gasteiger partial charge is 0.435 e. The summed E-state index contributed by atoms with van der Waals surface area (Å²) in [6.45, 7) is 11.0. The molecule has 0 saturated heterocycles. The molecule has 0 unspecified atom stereocenters. The zero-order valence-electron chi connectivity index (χ0n) is 24.2. The largest absolute Gasteiger partial charge is 0.476 e. The Balaban J connectivity index is 1.45. The van der Waals surface area contributed by atoms with Crippen molar-refractivity contribution >= 4 is 14.0 Å². The fourth-order valence-corrected chi connectivity index (χ4v) is 5.29. The summed E-state index contributed by atoms with van der Waals surface area (Å²) >= 11 is 0. The van der Waals surface area contributed by atoms with Crippen molar-refractivity contribution < 1.29 is 32.2 Å². The molecule has 0 aliphatic heterocycles. The van der Waals surface area contributed by atoms with Crippen LogP contribution in [0.4, 0.5) is 13.2 Å². The molecule has 1 saturated carbocycles. The molecule has 1 fully saturated rings. The van der Waals surface area contributed by atoms with Gasteiger partial charge in [0.1, 0.15) is 17.7 Å². The Bertz CT molecular complexity index is 1350. The second-order valence-corrected chi connectivity index (χ2v) is 17.3. The number of aromatic nitrogens is 4. The number of ether oxygens (including phenoxy) is 3. The Kier molecular flexibility index (Phi) is 9.22. The standard InChI is InChI=1S/C29H37F3N4O4Si/c1-6-39-27(37)28(10-7-11-28)18-40-24-14-19(2)21(16-34-24)20-8-9-22(33-15-20)26-35-23(25(36-26)29(30,31)32)17-38-12-13-41(3,4)5/h8-9,14-16H,6-7,10-13,17-18H2,1-5H3,(H,35,36). The Morgan fingerprint density at radius 1 is 1.15 bits per heavy atom. The minimum atomic E-state index is -4.62. The van der Waals surface area contributed by atoms with Gasteiger partial charge in [0.05, 0.1) is 18.9 Å². The zero-order valence-corrected chi connectivity index (χ0v) is 25.2. The number of hydrogen-bond donors (Lipinski definition) is 1. The van der Waals surface area contributed by atoms with E-state index in [4.69, 9.17) is 14.2 Å². The van der Waals surface area contributed by atoms with Gasteiger partial charge in [-0.3, -0.25) is 9.78 Å². The highest BCUT2D eigenvalue weighted by molar-refractivity contribution is 6.76. The van der Waals surface area contributed by atoms with E-state index in [9.17, 15) is 18.0 Å². The molecule has 3 aromatic heterocycles. The second kappa shape index (κ2) is 12.3. The number of alkyl halides is 3. The predicted octanol–water partition coefficient (Wildman–Crippen LogP) is 6.83. The second-order valence-electron chi connectivity index (χ2n) is 11.7. The Labute approximate surface area is 239 Å². The van der Waals surface area contributed by atoms with Gasteiger partial charge in [0.25, 0.3) is 0 Å². The first kappa shape index (κ1) is 30.7. The maximum absolute atomic E-state index is 13.7. The topological polar surface area (TPSA) is 99.2 Å². The first-order chi connectivity index (χ1) is 19.3. The average Bonchev–Trinajstić information content (AvgIpc) is 3.31. The summed E-state index contributed by atoms with van der Waals surface area (Å²) in [6.07, 6.45) is 1.03. The lowest BCUT2D eigenvalue weighted by Gasteiger charge is -2.38. The predicted molar refractivity (Wildman–Crippen MR) is 151 cm³/mol.